The third-order valence-electron chi connectivity index (χ3n) is 17.9. The molecular formula is C73H89BN2O. The van der Waals surface area contributed by atoms with Gasteiger partial charge in [-0.25, -0.2) is 0 Å². The summed E-state index contributed by atoms with van der Waals surface area (Å²) >= 11 is 0. The van der Waals surface area contributed by atoms with Gasteiger partial charge in [-0.2, -0.15) is 0 Å². The van der Waals surface area contributed by atoms with Crippen molar-refractivity contribution in [3.8, 4) is 11.5 Å². The molecule has 4 heteroatoms. The maximum absolute atomic E-state index is 7.59. The van der Waals surface area contributed by atoms with Crippen LogP contribution >= 0.6 is 0 Å². The van der Waals surface area contributed by atoms with Crippen LogP contribution in [0.15, 0.2) is 121 Å². The Morgan fingerprint density at radius 3 is 0.935 bits per heavy atom. The molecule has 0 amide bonds. The molecule has 0 unspecified atom stereocenters. The van der Waals surface area contributed by atoms with Gasteiger partial charge in [0.05, 0.1) is 22.7 Å². The number of rotatable bonds is 6. The van der Waals surface area contributed by atoms with E-state index in [4.69, 9.17) is 4.74 Å². The molecule has 0 radical (unpaired) electrons. The predicted molar refractivity (Wildman–Crippen MR) is 335 cm³/mol. The van der Waals surface area contributed by atoms with Crippen LogP contribution in [0.3, 0.4) is 0 Å². The molecule has 3 aliphatic heterocycles. The topological polar surface area (TPSA) is 15.7 Å². The summed E-state index contributed by atoms with van der Waals surface area (Å²) in [7, 11) is 0. The van der Waals surface area contributed by atoms with Crippen molar-refractivity contribution in [3.05, 3.63) is 183 Å². The summed E-state index contributed by atoms with van der Waals surface area (Å²) in [6, 6.07) is 48.3. The van der Waals surface area contributed by atoms with E-state index in [1.54, 1.807) is 0 Å². The number of hydrogen-bond acceptors (Lipinski definition) is 3. The maximum atomic E-state index is 7.59. The van der Waals surface area contributed by atoms with Crippen LogP contribution in [0.5, 0.6) is 11.5 Å². The fourth-order valence-corrected chi connectivity index (χ4v) is 12.8. The highest BCUT2D eigenvalue weighted by molar-refractivity contribution is 6.97. The number of fused-ring (bicyclic) bond motifs is 6. The Bertz CT molecular complexity index is 3130. The summed E-state index contributed by atoms with van der Waals surface area (Å²) < 4.78 is 7.59. The monoisotopic (exact) mass is 1020 g/mol. The van der Waals surface area contributed by atoms with Crippen LogP contribution < -0.4 is 30.9 Å². The van der Waals surface area contributed by atoms with Gasteiger partial charge < -0.3 is 14.5 Å². The molecule has 0 saturated heterocycles. The first-order valence-corrected chi connectivity index (χ1v) is 29.0. The number of benzene rings is 7. The van der Waals surface area contributed by atoms with E-state index in [1.807, 2.05) is 0 Å². The van der Waals surface area contributed by atoms with E-state index in [-0.39, 0.29) is 39.2 Å². The molecule has 10 rings (SSSR count). The fraction of sp³-hybridized carbons (Fsp3) is 0.425. The van der Waals surface area contributed by atoms with Crippen LogP contribution in [0, 0.1) is 0 Å². The quantitative estimate of drug-likeness (QED) is 0.154. The van der Waals surface area contributed by atoms with Crippen molar-refractivity contribution >= 4 is 57.2 Å². The van der Waals surface area contributed by atoms with Gasteiger partial charge in [0, 0.05) is 34.3 Å². The minimum absolute atomic E-state index is 0.000730. The van der Waals surface area contributed by atoms with Crippen molar-refractivity contribution in [1.82, 2.24) is 0 Å². The number of hydrogen-bond donors (Lipinski definition) is 0. The van der Waals surface area contributed by atoms with Crippen LogP contribution in [0.4, 0.5) is 34.1 Å². The first kappa shape index (κ1) is 54.4. The fourth-order valence-electron chi connectivity index (χ4n) is 12.8. The lowest BCUT2D eigenvalue weighted by molar-refractivity contribution is 0.487. The first-order valence-electron chi connectivity index (χ1n) is 29.0. The second-order valence-electron chi connectivity index (χ2n) is 29.4. The van der Waals surface area contributed by atoms with Gasteiger partial charge in [0.25, 0.3) is 6.71 Å². The van der Waals surface area contributed by atoms with Crippen molar-refractivity contribution in [3.63, 3.8) is 0 Å². The number of nitrogens with zero attached hydrogens (tertiary/aromatic N) is 2. The molecule has 0 atom stereocenters. The van der Waals surface area contributed by atoms with E-state index in [2.05, 4.69) is 283 Å². The van der Waals surface area contributed by atoms with Crippen LogP contribution in [-0.4, -0.2) is 6.71 Å². The van der Waals surface area contributed by atoms with E-state index in [0.717, 1.165) is 22.9 Å². The summed E-state index contributed by atoms with van der Waals surface area (Å²) in [4.78, 5) is 5.05. The molecule has 0 spiro atoms. The summed E-state index contributed by atoms with van der Waals surface area (Å²) in [5.41, 5.74) is 25.5. The molecule has 0 bridgehead atoms. The molecule has 0 aliphatic carbocycles. The Labute approximate surface area is 466 Å². The van der Waals surface area contributed by atoms with E-state index >= 15 is 0 Å². The Morgan fingerprint density at radius 2 is 0.675 bits per heavy atom. The van der Waals surface area contributed by atoms with Crippen molar-refractivity contribution in [2.24, 2.45) is 0 Å². The second-order valence-corrected chi connectivity index (χ2v) is 29.4. The zero-order valence-electron chi connectivity index (χ0n) is 51.2. The highest BCUT2D eigenvalue weighted by Crippen LogP contribution is 2.56. The molecular weight excluding hydrogens is 932 g/mol. The molecule has 7 aromatic rings. The summed E-state index contributed by atoms with van der Waals surface area (Å²) in [6.45, 7) is 51.8. The molecule has 0 fully saturated rings. The van der Waals surface area contributed by atoms with Gasteiger partial charge in [-0.1, -0.05) is 231 Å². The minimum atomic E-state index is -0.235. The maximum Gasteiger partial charge on any atom is 0.251 e. The lowest BCUT2D eigenvalue weighted by Gasteiger charge is -2.44. The first-order chi connectivity index (χ1) is 35.7. The molecule has 7 aromatic carbocycles. The zero-order chi connectivity index (χ0) is 56.0. The Kier molecular flexibility index (Phi) is 12.9. The van der Waals surface area contributed by atoms with Gasteiger partial charge in [-0.3, -0.25) is 0 Å². The third-order valence-corrected chi connectivity index (χ3v) is 17.9. The third kappa shape index (κ3) is 9.16. The molecule has 3 aliphatic rings. The van der Waals surface area contributed by atoms with Crippen molar-refractivity contribution < 1.29 is 4.74 Å². The average molecular weight is 1020 g/mol. The van der Waals surface area contributed by atoms with Gasteiger partial charge in [-0.05, 0) is 148 Å². The molecule has 0 N–H and O–H groups in total. The minimum Gasteiger partial charge on any atom is -0.458 e. The van der Waals surface area contributed by atoms with Crippen LogP contribution in [0.1, 0.15) is 231 Å². The lowest BCUT2D eigenvalue weighted by atomic mass is 9.34. The molecule has 0 saturated carbocycles. The van der Waals surface area contributed by atoms with Gasteiger partial charge in [0.2, 0.25) is 0 Å². The van der Waals surface area contributed by atoms with Crippen LogP contribution in [0.25, 0.3) is 0 Å². The van der Waals surface area contributed by atoms with Gasteiger partial charge in [-0.15, -0.1) is 0 Å². The Hall–Kier alpha value is -6.00. The highest BCUT2D eigenvalue weighted by Gasteiger charge is 2.43. The Balaban J connectivity index is 1.23. The van der Waals surface area contributed by atoms with Gasteiger partial charge in [0.1, 0.15) is 11.5 Å². The molecule has 0 aromatic heterocycles. The second kappa shape index (κ2) is 18.3. The van der Waals surface area contributed by atoms with Crippen molar-refractivity contribution in [2.45, 2.75) is 203 Å². The average Bonchev–Trinajstić information content (AvgIpc) is 3.37. The van der Waals surface area contributed by atoms with Gasteiger partial charge >= 0.3 is 0 Å². The smallest absolute Gasteiger partial charge is 0.251 e. The normalized spacial score (nSPS) is 15.7. The summed E-state index contributed by atoms with van der Waals surface area (Å²) in [6.07, 6.45) is 0. The van der Waals surface area contributed by atoms with E-state index < -0.39 is 0 Å². The summed E-state index contributed by atoms with van der Waals surface area (Å²) in [5.74, 6) is 2.86. The lowest BCUT2D eigenvalue weighted by Crippen LogP contribution is -2.57. The standard InChI is InChI=1S/C73H89BN2O/c1-43(2)46-35-53(44(3)4)67(54(36-46)45(5)6)74-59-29-27-51(75-61-31-23-47(68(7,8)9)37-55(61)72(19,20)56-38-48(69(10,11)12)24-32-62(56)75)41-65(59)77-66-42-52(28-30-60(66)74)76-63-33-25-49(70(13,14)15)39-57(63)73(21,22)58-40-50(71(16,17)18)26-34-64(58)76/h23-45H,1-22H3. The number of anilines is 6. The molecule has 77 heavy (non-hydrogen) atoms. The molecule has 3 heterocycles. The van der Waals surface area contributed by atoms with E-state index in [0.29, 0.717) is 17.8 Å². The van der Waals surface area contributed by atoms with Crippen LogP contribution in [-0.2, 0) is 32.5 Å². The zero-order valence-corrected chi connectivity index (χ0v) is 51.2. The highest BCUT2D eigenvalue weighted by atomic mass is 16.5. The van der Waals surface area contributed by atoms with Crippen molar-refractivity contribution in [2.75, 3.05) is 9.80 Å². The van der Waals surface area contributed by atoms with Gasteiger partial charge in [0.15, 0.2) is 0 Å². The number of ether oxygens (including phenoxy) is 1. The Morgan fingerprint density at radius 1 is 0.377 bits per heavy atom. The summed E-state index contributed by atoms with van der Waals surface area (Å²) in [5, 5.41) is 0. The predicted octanol–water partition coefficient (Wildman–Crippen LogP) is 19.1. The van der Waals surface area contributed by atoms with E-state index in [1.165, 1.54) is 100 Å². The molecule has 3 nitrogen and oxygen atoms in total. The van der Waals surface area contributed by atoms with Crippen LogP contribution in [0.2, 0.25) is 0 Å². The SMILES string of the molecule is CC(C)c1cc(C(C)C)c(B2c3ccc(N4c5ccc(C(C)(C)C)cc5C(C)(C)c5cc(C(C)(C)C)ccc54)cc3Oc3cc(N4c5ccc(C(C)(C)C)cc5C(C)(C)c5cc(C(C)(C)C)ccc54)ccc32)c(C(C)C)c1. The molecule has 400 valence electrons. The van der Waals surface area contributed by atoms with E-state index in [9.17, 15) is 0 Å². The largest absolute Gasteiger partial charge is 0.458 e. The van der Waals surface area contributed by atoms with Crippen molar-refractivity contribution in [1.29, 1.82) is 0 Å².